The quantitative estimate of drug-likeness (QED) is 0.463. The smallest absolute Gasteiger partial charge is 0.310 e. The van der Waals surface area contributed by atoms with Crippen molar-refractivity contribution in [3.05, 3.63) is 82.8 Å². The minimum Gasteiger partial charge on any atom is -0.474 e. The van der Waals surface area contributed by atoms with E-state index >= 15 is 0 Å². The Morgan fingerprint density at radius 2 is 1.76 bits per heavy atom. The van der Waals surface area contributed by atoms with Gasteiger partial charge in [-0.15, -0.1) is 0 Å². The van der Waals surface area contributed by atoms with Crippen LogP contribution in [0.1, 0.15) is 17.5 Å². The van der Waals surface area contributed by atoms with Crippen LogP contribution in [0.4, 0.5) is 17.1 Å². The van der Waals surface area contributed by atoms with E-state index < -0.39 is 22.8 Å². The molecule has 9 heteroatoms. The molecular formula is C20H17N3O6. The number of hydrogen-bond donors (Lipinski definition) is 2. The Balaban J connectivity index is 1.64. The van der Waals surface area contributed by atoms with Gasteiger partial charge in [0.05, 0.1) is 11.2 Å². The molecule has 0 radical (unpaired) electrons. The number of ether oxygens (including phenoxy) is 1. The summed E-state index contributed by atoms with van der Waals surface area (Å²) in [5.74, 6) is -0.769. The average molecular weight is 395 g/mol. The summed E-state index contributed by atoms with van der Waals surface area (Å²) in [5.41, 5.74) is 0.650. The Hall–Kier alpha value is -4.14. The molecule has 0 aliphatic carbocycles. The number of furan rings is 1. The first kappa shape index (κ1) is 19.6. The van der Waals surface area contributed by atoms with Crippen molar-refractivity contribution in [3.63, 3.8) is 0 Å². The first-order valence-electron chi connectivity index (χ1n) is 8.60. The van der Waals surface area contributed by atoms with Gasteiger partial charge in [-0.25, -0.2) is 0 Å². The highest BCUT2D eigenvalue weighted by atomic mass is 16.6. The van der Waals surface area contributed by atoms with Gasteiger partial charge in [0.2, 0.25) is 0 Å². The summed E-state index contributed by atoms with van der Waals surface area (Å²) in [6.45, 7) is 1.48. The number of para-hydroxylation sites is 2. The van der Waals surface area contributed by atoms with Crippen molar-refractivity contribution in [1.29, 1.82) is 0 Å². The number of rotatable bonds is 7. The van der Waals surface area contributed by atoms with Crippen LogP contribution in [0.15, 0.2) is 71.3 Å². The van der Waals surface area contributed by atoms with Crippen LogP contribution in [0.3, 0.4) is 0 Å². The molecule has 0 bridgehead atoms. The van der Waals surface area contributed by atoms with Gasteiger partial charge in [-0.05, 0) is 43.3 Å². The van der Waals surface area contributed by atoms with Crippen molar-refractivity contribution >= 4 is 28.9 Å². The number of nitro groups is 1. The molecule has 0 saturated carbocycles. The van der Waals surface area contributed by atoms with Crippen LogP contribution < -0.4 is 15.4 Å². The highest BCUT2D eigenvalue weighted by molar-refractivity contribution is 6.02. The molecule has 1 aromatic heterocycles. The fraction of sp³-hybridized carbons (Fsp3) is 0.100. The van der Waals surface area contributed by atoms with Crippen LogP contribution in [0.2, 0.25) is 0 Å². The van der Waals surface area contributed by atoms with E-state index in [1.54, 1.807) is 36.4 Å². The van der Waals surface area contributed by atoms with Gasteiger partial charge in [-0.1, -0.05) is 18.2 Å². The summed E-state index contributed by atoms with van der Waals surface area (Å²) in [6, 6.07) is 15.5. The van der Waals surface area contributed by atoms with Gasteiger partial charge in [-0.3, -0.25) is 19.7 Å². The van der Waals surface area contributed by atoms with Crippen molar-refractivity contribution in [3.8, 4) is 5.75 Å². The van der Waals surface area contributed by atoms with Crippen molar-refractivity contribution in [1.82, 2.24) is 0 Å². The molecule has 0 aliphatic rings. The lowest BCUT2D eigenvalue weighted by Gasteiger charge is -2.15. The maximum Gasteiger partial charge on any atom is 0.310 e. The van der Waals surface area contributed by atoms with Crippen LogP contribution in [-0.2, 0) is 4.79 Å². The van der Waals surface area contributed by atoms with Crippen molar-refractivity contribution in [2.24, 2.45) is 0 Å². The van der Waals surface area contributed by atoms with E-state index in [0.717, 1.165) is 0 Å². The van der Waals surface area contributed by atoms with Crippen LogP contribution >= 0.6 is 0 Å². The van der Waals surface area contributed by atoms with E-state index in [1.807, 2.05) is 0 Å². The molecule has 1 heterocycles. The summed E-state index contributed by atoms with van der Waals surface area (Å²) in [6.07, 6.45) is 0.404. The molecule has 3 rings (SSSR count). The second kappa shape index (κ2) is 8.70. The zero-order valence-electron chi connectivity index (χ0n) is 15.3. The fourth-order valence-electron chi connectivity index (χ4n) is 2.47. The van der Waals surface area contributed by atoms with E-state index in [0.29, 0.717) is 11.4 Å². The maximum atomic E-state index is 12.4. The second-order valence-corrected chi connectivity index (χ2v) is 5.99. The number of anilines is 2. The summed E-state index contributed by atoms with van der Waals surface area (Å²) in [5, 5.41) is 16.4. The molecule has 29 heavy (non-hydrogen) atoms. The highest BCUT2D eigenvalue weighted by Crippen LogP contribution is 2.27. The van der Waals surface area contributed by atoms with Gasteiger partial charge in [0.1, 0.15) is 0 Å². The van der Waals surface area contributed by atoms with E-state index in [1.165, 1.54) is 37.5 Å². The second-order valence-electron chi connectivity index (χ2n) is 5.99. The number of nitro benzene ring substituents is 1. The molecule has 1 atom stereocenters. The van der Waals surface area contributed by atoms with Gasteiger partial charge in [0.15, 0.2) is 17.6 Å². The summed E-state index contributed by atoms with van der Waals surface area (Å²) in [7, 11) is 0. The highest BCUT2D eigenvalue weighted by Gasteiger charge is 2.21. The van der Waals surface area contributed by atoms with Crippen molar-refractivity contribution in [2.45, 2.75) is 13.0 Å². The van der Waals surface area contributed by atoms with Gasteiger partial charge >= 0.3 is 5.69 Å². The third-order valence-electron chi connectivity index (χ3n) is 3.87. The molecule has 0 fully saturated rings. The van der Waals surface area contributed by atoms with Gasteiger partial charge in [0, 0.05) is 17.4 Å². The van der Waals surface area contributed by atoms with E-state index in [4.69, 9.17) is 9.15 Å². The third-order valence-corrected chi connectivity index (χ3v) is 3.87. The molecule has 148 valence electrons. The Morgan fingerprint density at radius 1 is 1.03 bits per heavy atom. The third kappa shape index (κ3) is 4.98. The number of nitrogens with one attached hydrogen (secondary N) is 2. The molecular weight excluding hydrogens is 378 g/mol. The monoisotopic (exact) mass is 395 g/mol. The lowest BCUT2D eigenvalue weighted by atomic mass is 10.2. The molecule has 2 amide bonds. The lowest BCUT2D eigenvalue weighted by Crippen LogP contribution is -2.30. The van der Waals surface area contributed by atoms with Crippen LogP contribution in [0.5, 0.6) is 5.75 Å². The summed E-state index contributed by atoms with van der Waals surface area (Å²) < 4.78 is 10.5. The van der Waals surface area contributed by atoms with E-state index in [9.17, 15) is 19.7 Å². The molecule has 2 aromatic carbocycles. The molecule has 9 nitrogen and oxygen atoms in total. The van der Waals surface area contributed by atoms with Gasteiger partial charge < -0.3 is 19.8 Å². The van der Waals surface area contributed by atoms with Crippen molar-refractivity contribution in [2.75, 3.05) is 10.6 Å². The largest absolute Gasteiger partial charge is 0.474 e. The first-order chi connectivity index (χ1) is 13.9. The van der Waals surface area contributed by atoms with Gasteiger partial charge in [0.25, 0.3) is 11.8 Å². The molecule has 3 aromatic rings. The average Bonchev–Trinajstić information content (AvgIpc) is 3.23. The van der Waals surface area contributed by atoms with Crippen LogP contribution in [-0.4, -0.2) is 22.8 Å². The number of carbonyl (C=O) groups is 2. The number of amides is 2. The van der Waals surface area contributed by atoms with E-state index in [-0.39, 0.29) is 17.2 Å². The Kier molecular flexibility index (Phi) is 5.88. The molecule has 0 spiro atoms. The topological polar surface area (TPSA) is 124 Å². The lowest BCUT2D eigenvalue weighted by molar-refractivity contribution is -0.386. The number of carbonyl (C=O) groups excluding carboxylic acids is 2. The standard InChI is InChI=1S/C20H17N3O6/c1-13(29-17-9-3-2-8-16(17)23(26)27)19(24)21-14-6-4-7-15(12-14)22-20(25)18-10-5-11-28-18/h2-13H,1H3,(H,21,24)(H,22,25). The normalized spacial score (nSPS) is 11.3. The number of benzene rings is 2. The number of nitrogens with zero attached hydrogens (tertiary/aromatic N) is 1. The Labute approximate surface area is 165 Å². The maximum absolute atomic E-state index is 12.4. The predicted molar refractivity (Wildman–Crippen MR) is 105 cm³/mol. The van der Waals surface area contributed by atoms with Crippen molar-refractivity contribution < 1.29 is 23.7 Å². The van der Waals surface area contributed by atoms with Gasteiger partial charge in [-0.2, -0.15) is 0 Å². The zero-order valence-corrected chi connectivity index (χ0v) is 15.3. The fourth-order valence-corrected chi connectivity index (χ4v) is 2.47. The molecule has 0 saturated heterocycles. The first-order valence-corrected chi connectivity index (χ1v) is 8.60. The predicted octanol–water partition coefficient (Wildman–Crippen LogP) is 3.85. The SMILES string of the molecule is CC(Oc1ccccc1[N+](=O)[O-])C(=O)Nc1cccc(NC(=O)c2ccco2)c1. The van der Waals surface area contributed by atoms with Crippen LogP contribution in [0, 0.1) is 10.1 Å². The molecule has 1 unspecified atom stereocenters. The Bertz CT molecular complexity index is 1030. The Morgan fingerprint density at radius 3 is 2.45 bits per heavy atom. The zero-order chi connectivity index (χ0) is 20.8. The summed E-state index contributed by atoms with van der Waals surface area (Å²) in [4.78, 5) is 34.9. The molecule has 2 N–H and O–H groups in total. The van der Waals surface area contributed by atoms with Crippen LogP contribution in [0.25, 0.3) is 0 Å². The minimum atomic E-state index is -0.988. The molecule has 0 aliphatic heterocycles. The number of hydrogen-bond acceptors (Lipinski definition) is 6. The minimum absolute atomic E-state index is 0.000359. The van der Waals surface area contributed by atoms with E-state index in [2.05, 4.69) is 10.6 Å². The summed E-state index contributed by atoms with van der Waals surface area (Å²) >= 11 is 0.